The maximum Gasteiger partial charge on any atom is 0.253 e. The summed E-state index contributed by atoms with van der Waals surface area (Å²) < 4.78 is 13.3. The van der Waals surface area contributed by atoms with Gasteiger partial charge in [-0.2, -0.15) is 0 Å². The number of piperidine rings is 1. The normalized spacial score (nSPS) is 17.2. The zero-order valence-electron chi connectivity index (χ0n) is 13.4. The Labute approximate surface area is 126 Å². The van der Waals surface area contributed by atoms with Crippen molar-refractivity contribution in [1.82, 2.24) is 9.80 Å². The van der Waals surface area contributed by atoms with Crippen molar-refractivity contribution in [3.63, 3.8) is 0 Å². The van der Waals surface area contributed by atoms with Gasteiger partial charge >= 0.3 is 0 Å². The van der Waals surface area contributed by atoms with Gasteiger partial charge in [0, 0.05) is 37.8 Å². The average molecular weight is 292 g/mol. The molecular weight excluding hydrogens is 267 g/mol. The second kappa shape index (κ2) is 6.56. The van der Waals surface area contributed by atoms with Gasteiger partial charge < -0.3 is 9.80 Å². The first-order valence-electron chi connectivity index (χ1n) is 7.67. The Hall–Kier alpha value is -1.42. The van der Waals surface area contributed by atoms with Crippen LogP contribution in [0.3, 0.4) is 0 Å². The first kappa shape index (κ1) is 16.0. The lowest BCUT2D eigenvalue weighted by Gasteiger charge is -2.38. The Morgan fingerprint density at radius 1 is 1.33 bits per heavy atom. The van der Waals surface area contributed by atoms with Crippen molar-refractivity contribution in [2.75, 3.05) is 20.1 Å². The molecule has 0 atom stereocenters. The fourth-order valence-corrected chi connectivity index (χ4v) is 2.94. The highest BCUT2D eigenvalue weighted by Crippen LogP contribution is 2.20. The van der Waals surface area contributed by atoms with Gasteiger partial charge in [0.1, 0.15) is 5.82 Å². The van der Waals surface area contributed by atoms with E-state index in [0.717, 1.165) is 25.9 Å². The molecule has 1 saturated heterocycles. The van der Waals surface area contributed by atoms with E-state index < -0.39 is 0 Å². The van der Waals surface area contributed by atoms with Crippen molar-refractivity contribution in [2.24, 2.45) is 0 Å². The molecule has 2 rings (SSSR count). The average Bonchev–Trinajstić information content (AvgIpc) is 2.48. The van der Waals surface area contributed by atoms with Crippen LogP contribution in [0.25, 0.3) is 0 Å². The molecule has 0 unspecified atom stereocenters. The van der Waals surface area contributed by atoms with Crippen LogP contribution in [0.4, 0.5) is 4.39 Å². The Balaban J connectivity index is 2.01. The summed E-state index contributed by atoms with van der Waals surface area (Å²) in [7, 11) is 1.86. The van der Waals surface area contributed by atoms with Crippen molar-refractivity contribution < 1.29 is 9.18 Å². The number of hydrogen-bond acceptors (Lipinski definition) is 2. The molecule has 21 heavy (non-hydrogen) atoms. The van der Waals surface area contributed by atoms with Crippen molar-refractivity contribution >= 4 is 5.91 Å². The molecule has 1 amide bonds. The number of hydrogen-bond donors (Lipinski definition) is 0. The van der Waals surface area contributed by atoms with Crippen LogP contribution < -0.4 is 0 Å². The molecule has 4 heteroatoms. The largest absolute Gasteiger partial charge is 0.339 e. The molecule has 0 spiro atoms. The van der Waals surface area contributed by atoms with E-state index in [-0.39, 0.29) is 17.8 Å². The highest BCUT2D eigenvalue weighted by molar-refractivity contribution is 5.94. The summed E-state index contributed by atoms with van der Waals surface area (Å²) in [5.74, 6) is -0.277. The van der Waals surface area contributed by atoms with E-state index >= 15 is 0 Å². The standard InChI is InChI=1S/C17H25FN2O/c1-12(2)20-9-7-15(8-10-20)19(4)17(21)14-5-6-16(18)13(3)11-14/h5-6,11-12,15H,7-10H2,1-4H3. The lowest BCUT2D eigenvalue weighted by molar-refractivity contribution is 0.0615. The fourth-order valence-electron chi connectivity index (χ4n) is 2.94. The van der Waals surface area contributed by atoms with E-state index in [0.29, 0.717) is 17.2 Å². The van der Waals surface area contributed by atoms with Crippen LogP contribution in [-0.4, -0.2) is 47.9 Å². The predicted molar refractivity (Wildman–Crippen MR) is 83.0 cm³/mol. The molecule has 1 aromatic rings. The van der Waals surface area contributed by atoms with Crippen LogP contribution in [0.1, 0.15) is 42.6 Å². The maximum atomic E-state index is 13.3. The van der Waals surface area contributed by atoms with Gasteiger partial charge in [-0.05, 0) is 57.4 Å². The zero-order chi connectivity index (χ0) is 15.6. The number of carbonyl (C=O) groups excluding carboxylic acids is 1. The lowest BCUT2D eigenvalue weighted by atomic mass is 10.0. The number of likely N-dealkylation sites (tertiary alicyclic amines) is 1. The quantitative estimate of drug-likeness (QED) is 0.855. The molecule has 3 nitrogen and oxygen atoms in total. The number of carbonyl (C=O) groups is 1. The number of aryl methyl sites for hydroxylation is 1. The van der Waals surface area contributed by atoms with Crippen molar-refractivity contribution in [1.29, 1.82) is 0 Å². The van der Waals surface area contributed by atoms with Gasteiger partial charge in [0.25, 0.3) is 5.91 Å². The van der Waals surface area contributed by atoms with Gasteiger partial charge in [0.2, 0.25) is 0 Å². The SMILES string of the molecule is Cc1cc(C(=O)N(C)C2CCN(C(C)C)CC2)ccc1F. The molecule has 116 valence electrons. The third-order valence-electron chi connectivity index (χ3n) is 4.50. The molecule has 1 aliphatic rings. The number of rotatable bonds is 3. The van der Waals surface area contributed by atoms with Gasteiger partial charge in [-0.15, -0.1) is 0 Å². The van der Waals surface area contributed by atoms with E-state index in [2.05, 4.69) is 18.7 Å². The monoisotopic (exact) mass is 292 g/mol. The van der Waals surface area contributed by atoms with Crippen LogP contribution >= 0.6 is 0 Å². The van der Waals surface area contributed by atoms with Crippen molar-refractivity contribution in [3.05, 3.63) is 35.1 Å². The first-order valence-corrected chi connectivity index (χ1v) is 7.67. The van der Waals surface area contributed by atoms with Gasteiger partial charge in [-0.1, -0.05) is 0 Å². The summed E-state index contributed by atoms with van der Waals surface area (Å²) in [6.07, 6.45) is 2.00. The van der Waals surface area contributed by atoms with E-state index in [1.54, 1.807) is 19.1 Å². The minimum Gasteiger partial charge on any atom is -0.339 e. The van der Waals surface area contributed by atoms with Crippen LogP contribution in [0.15, 0.2) is 18.2 Å². The van der Waals surface area contributed by atoms with Crippen molar-refractivity contribution in [2.45, 2.75) is 45.7 Å². The molecular formula is C17H25FN2O. The first-order chi connectivity index (χ1) is 9.90. The minimum absolute atomic E-state index is 0.0129. The van der Waals surface area contributed by atoms with Gasteiger partial charge in [-0.25, -0.2) is 4.39 Å². The Bertz CT molecular complexity index is 508. The van der Waals surface area contributed by atoms with E-state index in [4.69, 9.17) is 0 Å². The summed E-state index contributed by atoms with van der Waals surface area (Å²) in [6.45, 7) is 8.16. The number of benzene rings is 1. The minimum atomic E-state index is -0.264. The zero-order valence-corrected chi connectivity index (χ0v) is 13.4. The van der Waals surface area contributed by atoms with Gasteiger partial charge in [0.05, 0.1) is 0 Å². The molecule has 1 aliphatic heterocycles. The van der Waals surface area contributed by atoms with Gasteiger partial charge in [-0.3, -0.25) is 4.79 Å². The molecule has 1 heterocycles. The second-order valence-corrected chi connectivity index (χ2v) is 6.24. The topological polar surface area (TPSA) is 23.6 Å². The third kappa shape index (κ3) is 3.62. The smallest absolute Gasteiger partial charge is 0.253 e. The number of nitrogens with zero attached hydrogens (tertiary/aromatic N) is 2. The molecule has 0 bridgehead atoms. The molecule has 1 aromatic carbocycles. The second-order valence-electron chi connectivity index (χ2n) is 6.24. The molecule has 0 radical (unpaired) electrons. The predicted octanol–water partition coefficient (Wildman–Crippen LogP) is 3.08. The summed E-state index contributed by atoms with van der Waals surface area (Å²) in [4.78, 5) is 16.8. The summed E-state index contributed by atoms with van der Waals surface area (Å²) >= 11 is 0. The summed E-state index contributed by atoms with van der Waals surface area (Å²) in [5, 5.41) is 0. The highest BCUT2D eigenvalue weighted by atomic mass is 19.1. The van der Waals surface area contributed by atoms with E-state index in [1.807, 2.05) is 11.9 Å². The molecule has 0 aromatic heterocycles. The van der Waals surface area contributed by atoms with Gasteiger partial charge in [0.15, 0.2) is 0 Å². The third-order valence-corrected chi connectivity index (χ3v) is 4.50. The molecule has 0 N–H and O–H groups in total. The Morgan fingerprint density at radius 3 is 2.48 bits per heavy atom. The number of amides is 1. The van der Waals surface area contributed by atoms with Crippen molar-refractivity contribution in [3.8, 4) is 0 Å². The Morgan fingerprint density at radius 2 is 1.95 bits per heavy atom. The summed E-state index contributed by atoms with van der Waals surface area (Å²) in [5.41, 5.74) is 1.09. The molecule has 0 aliphatic carbocycles. The Kier molecular flexibility index (Phi) is 4.99. The fraction of sp³-hybridized carbons (Fsp3) is 0.588. The molecule has 0 saturated carbocycles. The van der Waals surface area contributed by atoms with Crippen LogP contribution in [0, 0.1) is 12.7 Å². The lowest BCUT2D eigenvalue weighted by Crippen LogP contribution is -2.47. The highest BCUT2D eigenvalue weighted by Gasteiger charge is 2.26. The van der Waals surface area contributed by atoms with Crippen LogP contribution in [0.5, 0.6) is 0 Å². The molecule has 1 fully saturated rings. The van der Waals surface area contributed by atoms with E-state index in [1.165, 1.54) is 6.07 Å². The number of halogens is 1. The summed E-state index contributed by atoms with van der Waals surface area (Å²) in [6, 6.07) is 5.42. The maximum absolute atomic E-state index is 13.3. The van der Waals surface area contributed by atoms with Crippen LogP contribution in [0.2, 0.25) is 0 Å². The van der Waals surface area contributed by atoms with E-state index in [9.17, 15) is 9.18 Å². The van der Waals surface area contributed by atoms with Crippen LogP contribution in [-0.2, 0) is 0 Å².